The highest BCUT2D eigenvalue weighted by atomic mass is 19.4. The van der Waals surface area contributed by atoms with Gasteiger partial charge in [0, 0.05) is 18.5 Å². The molecule has 0 aliphatic heterocycles. The number of halogens is 3. The van der Waals surface area contributed by atoms with Gasteiger partial charge in [-0.05, 0) is 49.8 Å². The van der Waals surface area contributed by atoms with Crippen molar-refractivity contribution >= 4 is 18.3 Å². The van der Waals surface area contributed by atoms with E-state index in [1.54, 1.807) is 6.92 Å². The fraction of sp³-hybridized carbons (Fsp3) is 0.500. The molecule has 3 N–H and O–H groups in total. The fourth-order valence-electron chi connectivity index (χ4n) is 2.81. The van der Waals surface area contributed by atoms with E-state index < -0.39 is 17.8 Å². The molecule has 2 unspecified atom stereocenters. The van der Waals surface area contributed by atoms with Gasteiger partial charge in [-0.3, -0.25) is 14.9 Å². The fourth-order valence-corrected chi connectivity index (χ4v) is 2.81. The average Bonchev–Trinajstić information content (AvgIpc) is 3.42. The van der Waals surface area contributed by atoms with Crippen molar-refractivity contribution in [2.75, 3.05) is 6.54 Å². The Balaban J connectivity index is 1.90. The van der Waals surface area contributed by atoms with Crippen LogP contribution in [0.5, 0.6) is 0 Å². The Morgan fingerprint density at radius 3 is 2.37 bits per heavy atom. The second-order valence-electron chi connectivity index (χ2n) is 6.72. The van der Waals surface area contributed by atoms with Gasteiger partial charge in [0.15, 0.2) is 0 Å². The number of urea groups is 1. The van der Waals surface area contributed by atoms with Crippen LogP contribution >= 0.6 is 0 Å². The molecule has 1 aromatic carbocycles. The molecular weight excluding hydrogens is 363 g/mol. The normalized spacial score (nSPS) is 16.1. The molecule has 1 aliphatic rings. The van der Waals surface area contributed by atoms with Crippen LogP contribution in [-0.2, 0) is 22.2 Å². The highest BCUT2D eigenvalue weighted by Crippen LogP contribution is 2.39. The number of alkyl halides is 3. The highest BCUT2D eigenvalue weighted by molar-refractivity contribution is 5.84. The molecule has 0 radical (unpaired) electrons. The Kier molecular flexibility index (Phi) is 6.81. The summed E-state index contributed by atoms with van der Waals surface area (Å²) in [6.07, 6.45) is -1.94. The third-order valence-electron chi connectivity index (χ3n) is 4.41. The molecule has 1 fully saturated rings. The van der Waals surface area contributed by atoms with Crippen molar-refractivity contribution in [1.29, 1.82) is 0 Å². The number of hydrogen-bond acceptors (Lipinski definition) is 3. The Labute approximate surface area is 154 Å². The second-order valence-corrected chi connectivity index (χ2v) is 6.72. The maximum atomic E-state index is 12.6. The van der Waals surface area contributed by atoms with Crippen molar-refractivity contribution < 1.29 is 27.6 Å². The minimum Gasteiger partial charge on any atom is -0.354 e. The molecule has 2 rings (SSSR count). The number of amides is 4. The van der Waals surface area contributed by atoms with Gasteiger partial charge in [0.1, 0.15) is 0 Å². The average molecular weight is 385 g/mol. The van der Waals surface area contributed by atoms with Crippen LogP contribution in [0.2, 0.25) is 0 Å². The smallest absolute Gasteiger partial charge is 0.354 e. The molecule has 1 saturated carbocycles. The zero-order valence-electron chi connectivity index (χ0n) is 14.8. The maximum Gasteiger partial charge on any atom is 0.416 e. The number of nitrogens with one attached hydrogen (secondary N) is 3. The van der Waals surface area contributed by atoms with Gasteiger partial charge in [0.25, 0.3) is 0 Å². The second kappa shape index (κ2) is 8.88. The van der Waals surface area contributed by atoms with E-state index in [0.29, 0.717) is 12.0 Å². The summed E-state index contributed by atoms with van der Waals surface area (Å²) in [7, 11) is 0. The van der Waals surface area contributed by atoms with E-state index in [0.717, 1.165) is 25.0 Å². The Morgan fingerprint density at radius 1 is 1.22 bits per heavy atom. The number of hydrogen-bond donors (Lipinski definition) is 3. The quantitative estimate of drug-likeness (QED) is 0.600. The van der Waals surface area contributed by atoms with Crippen LogP contribution in [0.25, 0.3) is 0 Å². The summed E-state index contributed by atoms with van der Waals surface area (Å²) >= 11 is 0. The van der Waals surface area contributed by atoms with Crippen LogP contribution in [0, 0.1) is 11.8 Å². The van der Waals surface area contributed by atoms with E-state index in [2.05, 4.69) is 10.6 Å². The SMILES string of the molecule is CC(CNC(=O)C(Cc1ccc(C(F)(F)F)cc1)C1CC1)NC(=O)NC=O. The predicted molar refractivity (Wildman–Crippen MR) is 91.6 cm³/mol. The lowest BCUT2D eigenvalue weighted by Crippen LogP contribution is -2.47. The first-order valence-electron chi connectivity index (χ1n) is 8.65. The van der Waals surface area contributed by atoms with Crippen molar-refractivity contribution in [3.63, 3.8) is 0 Å². The lowest BCUT2D eigenvalue weighted by molar-refractivity contribution is -0.137. The molecule has 0 bridgehead atoms. The van der Waals surface area contributed by atoms with E-state index in [-0.39, 0.29) is 36.7 Å². The number of carbonyl (C=O) groups is 3. The molecular formula is C18H22F3N3O3. The first kappa shape index (κ1) is 20.7. The Morgan fingerprint density at radius 2 is 1.85 bits per heavy atom. The van der Waals surface area contributed by atoms with Crippen molar-refractivity contribution in [3.8, 4) is 0 Å². The summed E-state index contributed by atoms with van der Waals surface area (Å²) < 4.78 is 37.9. The van der Waals surface area contributed by atoms with Gasteiger partial charge < -0.3 is 10.6 Å². The molecule has 4 amide bonds. The lowest BCUT2D eigenvalue weighted by atomic mass is 9.93. The summed E-state index contributed by atoms with van der Waals surface area (Å²) in [6, 6.07) is 3.80. The van der Waals surface area contributed by atoms with Crippen LogP contribution in [0.1, 0.15) is 30.9 Å². The highest BCUT2D eigenvalue weighted by Gasteiger charge is 2.36. The van der Waals surface area contributed by atoms with E-state index in [1.165, 1.54) is 12.1 Å². The Bertz CT molecular complexity index is 673. The van der Waals surface area contributed by atoms with E-state index in [4.69, 9.17) is 0 Å². The minimum absolute atomic E-state index is 0.182. The minimum atomic E-state index is -4.38. The molecule has 6 nitrogen and oxygen atoms in total. The molecule has 0 aromatic heterocycles. The summed E-state index contributed by atoms with van der Waals surface area (Å²) in [4.78, 5) is 33.9. The van der Waals surface area contributed by atoms with Gasteiger partial charge in [-0.15, -0.1) is 0 Å². The summed E-state index contributed by atoms with van der Waals surface area (Å²) in [6.45, 7) is 1.86. The first-order chi connectivity index (χ1) is 12.7. The zero-order valence-corrected chi connectivity index (χ0v) is 14.8. The van der Waals surface area contributed by atoms with Gasteiger partial charge in [-0.1, -0.05) is 12.1 Å². The van der Waals surface area contributed by atoms with Gasteiger partial charge in [-0.2, -0.15) is 13.2 Å². The number of benzene rings is 1. The summed E-state index contributed by atoms with van der Waals surface area (Å²) in [5.74, 6) is -0.298. The summed E-state index contributed by atoms with van der Waals surface area (Å²) in [5, 5.41) is 7.18. The molecule has 148 valence electrons. The number of imide groups is 1. The third-order valence-corrected chi connectivity index (χ3v) is 4.41. The molecule has 1 aromatic rings. The van der Waals surface area contributed by atoms with E-state index in [1.807, 2.05) is 5.32 Å². The van der Waals surface area contributed by atoms with Crippen LogP contribution in [0.3, 0.4) is 0 Å². The van der Waals surface area contributed by atoms with Crippen molar-refractivity contribution in [2.45, 2.75) is 38.4 Å². The standard InChI is InChI=1S/C18H22F3N3O3/c1-11(24-17(27)23-10-25)9-22-16(26)15(13-4-5-13)8-12-2-6-14(7-3-12)18(19,20)21/h2-3,6-7,10-11,13,15H,4-5,8-9H2,1H3,(H,22,26)(H2,23,24,25,27). The lowest BCUT2D eigenvalue weighted by Gasteiger charge is -2.19. The first-order valence-corrected chi connectivity index (χ1v) is 8.65. The van der Waals surface area contributed by atoms with Crippen LogP contribution < -0.4 is 16.0 Å². The van der Waals surface area contributed by atoms with Crippen LogP contribution in [0.4, 0.5) is 18.0 Å². The number of carbonyl (C=O) groups excluding carboxylic acids is 3. The van der Waals surface area contributed by atoms with Gasteiger partial charge >= 0.3 is 12.2 Å². The van der Waals surface area contributed by atoms with Crippen LogP contribution in [-0.4, -0.2) is 30.9 Å². The molecule has 27 heavy (non-hydrogen) atoms. The molecule has 1 aliphatic carbocycles. The predicted octanol–water partition coefficient (Wildman–Crippen LogP) is 2.23. The van der Waals surface area contributed by atoms with Gasteiger partial charge in [0.2, 0.25) is 12.3 Å². The monoisotopic (exact) mass is 385 g/mol. The largest absolute Gasteiger partial charge is 0.416 e. The van der Waals surface area contributed by atoms with Crippen molar-refractivity contribution in [1.82, 2.24) is 16.0 Å². The zero-order chi connectivity index (χ0) is 20.0. The van der Waals surface area contributed by atoms with Crippen molar-refractivity contribution in [2.24, 2.45) is 11.8 Å². The molecule has 0 heterocycles. The van der Waals surface area contributed by atoms with Crippen LogP contribution in [0.15, 0.2) is 24.3 Å². The Hall–Kier alpha value is -2.58. The number of rotatable bonds is 8. The molecule has 0 saturated heterocycles. The molecule has 2 atom stereocenters. The topological polar surface area (TPSA) is 87.3 Å². The van der Waals surface area contributed by atoms with Crippen molar-refractivity contribution in [3.05, 3.63) is 35.4 Å². The third kappa shape index (κ3) is 6.58. The molecule has 0 spiro atoms. The van der Waals surface area contributed by atoms with Gasteiger partial charge in [0.05, 0.1) is 5.56 Å². The van der Waals surface area contributed by atoms with Gasteiger partial charge in [-0.25, -0.2) is 4.79 Å². The van der Waals surface area contributed by atoms with E-state index in [9.17, 15) is 27.6 Å². The molecule has 9 heteroatoms. The van der Waals surface area contributed by atoms with E-state index >= 15 is 0 Å². The maximum absolute atomic E-state index is 12.6. The summed E-state index contributed by atoms with van der Waals surface area (Å²) in [5.41, 5.74) is -0.0428.